The number of nitrogens with zero attached hydrogens (tertiary/aromatic N) is 2. The Morgan fingerprint density at radius 2 is 2.04 bits per heavy atom. The number of aromatic nitrogens is 2. The molecule has 2 heterocycles. The maximum atomic E-state index is 12.0. The van der Waals surface area contributed by atoms with Crippen molar-refractivity contribution in [3.63, 3.8) is 0 Å². The van der Waals surface area contributed by atoms with Crippen LogP contribution >= 0.6 is 0 Å². The molecule has 1 amide bonds. The molecule has 2 N–H and O–H groups in total. The summed E-state index contributed by atoms with van der Waals surface area (Å²) in [6, 6.07) is 9.97. The highest BCUT2D eigenvalue weighted by Crippen LogP contribution is 2.17. The van der Waals surface area contributed by atoms with Gasteiger partial charge in [-0.3, -0.25) is 4.79 Å². The third-order valence-electron chi connectivity index (χ3n) is 4.38. The third-order valence-corrected chi connectivity index (χ3v) is 4.38. The van der Waals surface area contributed by atoms with Gasteiger partial charge in [0.25, 0.3) is 0 Å². The summed E-state index contributed by atoms with van der Waals surface area (Å²) >= 11 is 0. The average Bonchev–Trinajstić information content (AvgIpc) is 3.09. The molecule has 0 spiro atoms. The van der Waals surface area contributed by atoms with E-state index in [1.54, 1.807) is 6.20 Å². The minimum Gasteiger partial charge on any atom is -0.352 e. The van der Waals surface area contributed by atoms with E-state index in [-0.39, 0.29) is 5.91 Å². The number of nitrogens with one attached hydrogen (secondary N) is 2. The lowest BCUT2D eigenvalue weighted by Crippen LogP contribution is -2.29. The van der Waals surface area contributed by atoms with E-state index in [9.17, 15) is 4.79 Å². The zero-order chi connectivity index (χ0) is 15.9. The van der Waals surface area contributed by atoms with E-state index < -0.39 is 0 Å². The zero-order valence-electron chi connectivity index (χ0n) is 13.4. The van der Waals surface area contributed by atoms with Crippen LogP contribution in [0.1, 0.15) is 31.2 Å². The van der Waals surface area contributed by atoms with E-state index in [2.05, 4.69) is 15.7 Å². The molecule has 1 aromatic heterocycles. The highest BCUT2D eigenvalue weighted by molar-refractivity contribution is 5.75. The van der Waals surface area contributed by atoms with Gasteiger partial charge >= 0.3 is 0 Å². The Hall–Kier alpha value is -2.14. The van der Waals surface area contributed by atoms with Gasteiger partial charge in [0.2, 0.25) is 5.91 Å². The second-order valence-electron chi connectivity index (χ2n) is 6.14. The van der Waals surface area contributed by atoms with Crippen LogP contribution in [-0.2, 0) is 11.3 Å². The quantitative estimate of drug-likeness (QED) is 0.860. The fourth-order valence-corrected chi connectivity index (χ4v) is 2.97. The van der Waals surface area contributed by atoms with Crippen LogP contribution in [0.3, 0.4) is 0 Å². The number of piperidine rings is 1. The summed E-state index contributed by atoms with van der Waals surface area (Å²) < 4.78 is 1.83. The van der Waals surface area contributed by atoms with Crippen molar-refractivity contribution < 1.29 is 4.79 Å². The highest BCUT2D eigenvalue weighted by Gasteiger charge is 2.14. The molecule has 0 aliphatic carbocycles. The van der Waals surface area contributed by atoms with Crippen molar-refractivity contribution in [1.82, 2.24) is 20.4 Å². The number of hydrogen-bond acceptors (Lipinski definition) is 3. The normalized spacial score (nSPS) is 15.5. The summed E-state index contributed by atoms with van der Waals surface area (Å²) in [6.45, 7) is 2.72. The van der Waals surface area contributed by atoms with Crippen molar-refractivity contribution in [2.24, 2.45) is 5.92 Å². The van der Waals surface area contributed by atoms with Crippen molar-refractivity contribution in [3.8, 4) is 5.69 Å². The minimum atomic E-state index is 0.135. The smallest absolute Gasteiger partial charge is 0.220 e. The Kier molecular flexibility index (Phi) is 5.42. The van der Waals surface area contributed by atoms with Crippen molar-refractivity contribution >= 4 is 5.91 Å². The fourth-order valence-electron chi connectivity index (χ4n) is 2.97. The molecule has 1 aromatic carbocycles. The molecular formula is C18H24N4O. The molecule has 2 aromatic rings. The van der Waals surface area contributed by atoms with Gasteiger partial charge in [-0.1, -0.05) is 18.2 Å². The summed E-state index contributed by atoms with van der Waals surface area (Å²) in [5, 5.41) is 10.7. The fraction of sp³-hybridized carbons (Fsp3) is 0.444. The van der Waals surface area contributed by atoms with Gasteiger partial charge in [0.1, 0.15) is 0 Å². The van der Waals surface area contributed by atoms with Crippen LogP contribution < -0.4 is 10.6 Å². The van der Waals surface area contributed by atoms with Gasteiger partial charge in [-0.2, -0.15) is 5.10 Å². The van der Waals surface area contributed by atoms with Crippen LogP contribution in [-0.4, -0.2) is 28.8 Å². The van der Waals surface area contributed by atoms with Gasteiger partial charge in [0.05, 0.1) is 11.9 Å². The summed E-state index contributed by atoms with van der Waals surface area (Å²) in [4.78, 5) is 12.0. The Bertz CT molecular complexity index is 617. The largest absolute Gasteiger partial charge is 0.352 e. The lowest BCUT2D eigenvalue weighted by atomic mass is 9.93. The zero-order valence-corrected chi connectivity index (χ0v) is 13.4. The van der Waals surface area contributed by atoms with Crippen molar-refractivity contribution in [2.75, 3.05) is 13.1 Å². The second-order valence-corrected chi connectivity index (χ2v) is 6.14. The van der Waals surface area contributed by atoms with Crippen LogP contribution in [0.25, 0.3) is 5.69 Å². The molecule has 1 saturated heterocycles. The average molecular weight is 312 g/mol. The molecular weight excluding hydrogens is 288 g/mol. The summed E-state index contributed by atoms with van der Waals surface area (Å²) in [6.07, 6.45) is 7.77. The standard InChI is InChI=1S/C18H24N4O/c23-18(7-6-15-8-10-19-11-9-15)20-12-16-13-21-22(14-16)17-4-2-1-3-5-17/h1-5,13-15,19H,6-12H2,(H,20,23). The van der Waals surface area contributed by atoms with Gasteiger partial charge in [-0.05, 0) is 50.4 Å². The van der Waals surface area contributed by atoms with Gasteiger partial charge in [-0.15, -0.1) is 0 Å². The van der Waals surface area contributed by atoms with E-state index >= 15 is 0 Å². The van der Waals surface area contributed by atoms with Crippen LogP contribution in [0.5, 0.6) is 0 Å². The Labute approximate surface area is 137 Å². The molecule has 0 bridgehead atoms. The van der Waals surface area contributed by atoms with Crippen LogP contribution in [0, 0.1) is 5.92 Å². The van der Waals surface area contributed by atoms with Crippen molar-refractivity contribution in [2.45, 2.75) is 32.2 Å². The van der Waals surface area contributed by atoms with Crippen LogP contribution in [0.4, 0.5) is 0 Å². The van der Waals surface area contributed by atoms with Gasteiger partial charge in [-0.25, -0.2) is 4.68 Å². The summed E-state index contributed by atoms with van der Waals surface area (Å²) in [5.74, 6) is 0.832. The molecule has 0 unspecified atom stereocenters. The van der Waals surface area contributed by atoms with Crippen LogP contribution in [0.2, 0.25) is 0 Å². The third kappa shape index (κ3) is 4.66. The van der Waals surface area contributed by atoms with E-state index in [1.807, 2.05) is 41.2 Å². The number of para-hydroxylation sites is 1. The predicted molar refractivity (Wildman–Crippen MR) is 90.2 cm³/mol. The van der Waals surface area contributed by atoms with Gasteiger partial charge in [0.15, 0.2) is 0 Å². The highest BCUT2D eigenvalue weighted by atomic mass is 16.1. The Morgan fingerprint density at radius 3 is 2.83 bits per heavy atom. The SMILES string of the molecule is O=C(CCC1CCNCC1)NCc1cnn(-c2ccccc2)c1. The second kappa shape index (κ2) is 7.92. The summed E-state index contributed by atoms with van der Waals surface area (Å²) in [5.41, 5.74) is 2.04. The first-order valence-corrected chi connectivity index (χ1v) is 8.37. The van der Waals surface area contributed by atoms with E-state index in [0.717, 1.165) is 30.8 Å². The molecule has 1 fully saturated rings. The molecule has 5 heteroatoms. The lowest BCUT2D eigenvalue weighted by molar-refractivity contribution is -0.121. The molecule has 1 aliphatic heterocycles. The topological polar surface area (TPSA) is 59.0 Å². The number of carbonyl (C=O) groups excluding carboxylic acids is 1. The predicted octanol–water partition coefficient (Wildman–Crippen LogP) is 2.27. The lowest BCUT2D eigenvalue weighted by Gasteiger charge is -2.22. The molecule has 1 aliphatic rings. The molecule has 3 rings (SSSR count). The van der Waals surface area contributed by atoms with Gasteiger partial charge in [0, 0.05) is 24.7 Å². The first-order valence-electron chi connectivity index (χ1n) is 8.37. The maximum Gasteiger partial charge on any atom is 0.220 e. The first-order chi connectivity index (χ1) is 11.3. The molecule has 0 radical (unpaired) electrons. The van der Waals surface area contributed by atoms with Crippen LogP contribution in [0.15, 0.2) is 42.7 Å². The number of carbonyl (C=O) groups is 1. The van der Waals surface area contributed by atoms with Gasteiger partial charge < -0.3 is 10.6 Å². The Balaban J connectivity index is 1.43. The summed E-state index contributed by atoms with van der Waals surface area (Å²) in [7, 11) is 0. The molecule has 23 heavy (non-hydrogen) atoms. The molecule has 122 valence electrons. The number of hydrogen-bond donors (Lipinski definition) is 2. The van der Waals surface area contributed by atoms with Crippen molar-refractivity contribution in [3.05, 3.63) is 48.3 Å². The minimum absolute atomic E-state index is 0.135. The van der Waals surface area contributed by atoms with E-state index in [1.165, 1.54) is 12.8 Å². The molecule has 0 saturated carbocycles. The van der Waals surface area contributed by atoms with Crippen molar-refractivity contribution in [1.29, 1.82) is 0 Å². The number of rotatable bonds is 6. The Morgan fingerprint density at radius 1 is 1.26 bits per heavy atom. The first kappa shape index (κ1) is 15.7. The number of amides is 1. The van der Waals surface area contributed by atoms with E-state index in [0.29, 0.717) is 18.9 Å². The maximum absolute atomic E-state index is 12.0. The monoisotopic (exact) mass is 312 g/mol. The molecule has 5 nitrogen and oxygen atoms in total. The van der Waals surface area contributed by atoms with E-state index in [4.69, 9.17) is 0 Å². The molecule has 0 atom stereocenters. The number of benzene rings is 1.